The van der Waals surface area contributed by atoms with Gasteiger partial charge in [-0.1, -0.05) is 41.9 Å². The number of fused-ring (bicyclic) bond motifs is 1. The van der Waals surface area contributed by atoms with Crippen molar-refractivity contribution in [3.05, 3.63) is 105 Å². The lowest BCUT2D eigenvalue weighted by molar-refractivity contribution is -0.386. The highest BCUT2D eigenvalue weighted by Crippen LogP contribution is 2.29. The lowest BCUT2D eigenvalue weighted by Crippen LogP contribution is -2.23. The Labute approximate surface area is 182 Å². The molecule has 0 bridgehead atoms. The first-order chi connectivity index (χ1) is 15.0. The lowest BCUT2D eigenvalue weighted by atomic mass is 10.1. The molecule has 9 heteroatoms. The Morgan fingerprint density at radius 2 is 1.94 bits per heavy atom. The predicted molar refractivity (Wildman–Crippen MR) is 115 cm³/mol. The smallest absolute Gasteiger partial charge is 0.311 e. The number of imidazole rings is 1. The summed E-state index contributed by atoms with van der Waals surface area (Å²) in [5, 5.41) is 14.8. The Kier molecular flexibility index (Phi) is 5.81. The molecule has 8 nitrogen and oxygen atoms in total. The van der Waals surface area contributed by atoms with Crippen molar-refractivity contribution in [1.29, 1.82) is 0 Å². The summed E-state index contributed by atoms with van der Waals surface area (Å²) in [4.78, 5) is 27.8. The third-order valence-corrected chi connectivity index (χ3v) is 4.77. The molecule has 0 saturated carbocycles. The fraction of sp³-hybridized carbons (Fsp3) is 0.0909. The molecule has 0 aliphatic carbocycles. The van der Waals surface area contributed by atoms with Crippen LogP contribution in [-0.4, -0.2) is 20.2 Å². The number of halogens is 1. The minimum absolute atomic E-state index is 0.0997. The number of nitro groups is 1. The van der Waals surface area contributed by atoms with Crippen LogP contribution in [0.5, 0.6) is 5.75 Å². The van der Waals surface area contributed by atoms with Crippen molar-refractivity contribution in [2.24, 2.45) is 0 Å². The van der Waals surface area contributed by atoms with Gasteiger partial charge in [0.1, 0.15) is 12.3 Å². The van der Waals surface area contributed by atoms with E-state index in [0.29, 0.717) is 16.4 Å². The number of hydrogen-bond acceptors (Lipinski definition) is 5. The number of nitro benzene ring substituents is 1. The third kappa shape index (κ3) is 4.81. The molecule has 1 amide bonds. The van der Waals surface area contributed by atoms with Gasteiger partial charge < -0.3 is 14.5 Å². The summed E-state index contributed by atoms with van der Waals surface area (Å²) in [7, 11) is 0. The minimum Gasteiger partial charge on any atom is -0.482 e. The molecular formula is C22H17ClN4O4. The van der Waals surface area contributed by atoms with Gasteiger partial charge in [0.25, 0.3) is 5.91 Å². The number of ether oxygens (including phenoxy) is 1. The van der Waals surface area contributed by atoms with E-state index in [0.717, 1.165) is 5.56 Å². The van der Waals surface area contributed by atoms with E-state index in [2.05, 4.69) is 10.3 Å². The van der Waals surface area contributed by atoms with E-state index in [1.165, 1.54) is 18.2 Å². The number of amides is 1. The number of hydrogen-bond donors (Lipinski definition) is 1. The van der Waals surface area contributed by atoms with E-state index < -0.39 is 10.8 Å². The zero-order chi connectivity index (χ0) is 21.8. The first kappa shape index (κ1) is 20.4. The van der Waals surface area contributed by atoms with E-state index in [9.17, 15) is 14.9 Å². The van der Waals surface area contributed by atoms with Crippen LogP contribution in [-0.2, 0) is 13.2 Å². The molecule has 0 aliphatic rings. The molecule has 0 unspecified atom stereocenters. The largest absolute Gasteiger partial charge is 0.482 e. The summed E-state index contributed by atoms with van der Waals surface area (Å²) in [6.07, 6.45) is 3.47. The molecule has 0 aliphatic heterocycles. The zero-order valence-corrected chi connectivity index (χ0v) is 17.0. The Morgan fingerprint density at radius 3 is 2.71 bits per heavy atom. The number of carbonyl (C=O) groups excluding carboxylic acids is 1. The monoisotopic (exact) mass is 436 g/mol. The van der Waals surface area contributed by atoms with Gasteiger partial charge in [-0.3, -0.25) is 14.9 Å². The first-order valence-electron chi connectivity index (χ1n) is 9.36. The molecule has 0 radical (unpaired) electrons. The number of rotatable bonds is 7. The summed E-state index contributed by atoms with van der Waals surface area (Å²) in [6, 6.07) is 16.9. The topological polar surface area (TPSA) is 98.8 Å². The summed E-state index contributed by atoms with van der Waals surface area (Å²) in [5.41, 5.74) is 2.10. The SMILES string of the molecule is O=C(NCc1cn2cc(Cl)ccc2n1)c1ccc(OCc2ccccc2)c([N+](=O)[O-])c1. The van der Waals surface area contributed by atoms with Gasteiger partial charge >= 0.3 is 5.69 Å². The molecule has 2 aromatic carbocycles. The third-order valence-electron chi connectivity index (χ3n) is 4.55. The van der Waals surface area contributed by atoms with Crippen LogP contribution < -0.4 is 10.1 Å². The lowest BCUT2D eigenvalue weighted by Gasteiger charge is -2.09. The molecule has 0 saturated heterocycles. The maximum Gasteiger partial charge on any atom is 0.311 e. The quantitative estimate of drug-likeness (QED) is 0.342. The number of nitrogens with zero attached hydrogens (tertiary/aromatic N) is 3. The van der Waals surface area contributed by atoms with Crippen molar-refractivity contribution in [3.8, 4) is 5.75 Å². The van der Waals surface area contributed by atoms with Crippen molar-refractivity contribution in [2.45, 2.75) is 13.2 Å². The van der Waals surface area contributed by atoms with Gasteiger partial charge in [-0.2, -0.15) is 0 Å². The van der Waals surface area contributed by atoms with Crippen molar-refractivity contribution in [3.63, 3.8) is 0 Å². The second kappa shape index (κ2) is 8.85. The van der Waals surface area contributed by atoms with Gasteiger partial charge in [-0.05, 0) is 29.8 Å². The number of nitrogens with one attached hydrogen (secondary N) is 1. The molecule has 4 aromatic rings. The zero-order valence-electron chi connectivity index (χ0n) is 16.2. The fourth-order valence-electron chi connectivity index (χ4n) is 3.03. The van der Waals surface area contributed by atoms with E-state index in [1.54, 1.807) is 28.9 Å². The summed E-state index contributed by atoms with van der Waals surface area (Å²) >= 11 is 5.96. The normalized spacial score (nSPS) is 10.7. The minimum atomic E-state index is -0.567. The Balaban J connectivity index is 1.45. The van der Waals surface area contributed by atoms with E-state index in [-0.39, 0.29) is 30.2 Å². The molecule has 4 rings (SSSR count). The van der Waals surface area contributed by atoms with Crippen LogP contribution >= 0.6 is 11.6 Å². The van der Waals surface area contributed by atoms with Crippen LogP contribution in [0.15, 0.2) is 73.1 Å². The number of aromatic nitrogens is 2. The molecule has 1 N–H and O–H groups in total. The van der Waals surface area contributed by atoms with Gasteiger partial charge in [0.15, 0.2) is 5.75 Å². The molecular weight excluding hydrogens is 420 g/mol. The van der Waals surface area contributed by atoms with Crippen LogP contribution in [0.3, 0.4) is 0 Å². The Morgan fingerprint density at radius 1 is 1.13 bits per heavy atom. The average molecular weight is 437 g/mol. The second-order valence-corrected chi connectivity index (χ2v) is 7.18. The summed E-state index contributed by atoms with van der Waals surface area (Å²) < 4.78 is 7.35. The van der Waals surface area contributed by atoms with Gasteiger partial charge in [0, 0.05) is 24.0 Å². The van der Waals surface area contributed by atoms with E-state index in [4.69, 9.17) is 16.3 Å². The maximum atomic E-state index is 12.5. The maximum absolute atomic E-state index is 12.5. The predicted octanol–water partition coefficient (Wildman–Crippen LogP) is 4.40. The molecule has 31 heavy (non-hydrogen) atoms. The molecule has 2 aromatic heterocycles. The van der Waals surface area contributed by atoms with Crippen LogP contribution in [0, 0.1) is 10.1 Å². The second-order valence-electron chi connectivity index (χ2n) is 6.74. The van der Waals surface area contributed by atoms with Gasteiger partial charge in [0.2, 0.25) is 0 Å². The number of carbonyl (C=O) groups is 1. The van der Waals surface area contributed by atoms with Gasteiger partial charge in [-0.15, -0.1) is 0 Å². The average Bonchev–Trinajstić information content (AvgIpc) is 3.18. The molecule has 156 valence electrons. The number of pyridine rings is 1. The summed E-state index contributed by atoms with van der Waals surface area (Å²) in [5.74, 6) is -0.351. The van der Waals surface area contributed by atoms with E-state index >= 15 is 0 Å². The highest BCUT2D eigenvalue weighted by Gasteiger charge is 2.19. The van der Waals surface area contributed by atoms with Crippen molar-refractivity contribution < 1.29 is 14.5 Å². The van der Waals surface area contributed by atoms with Crippen molar-refractivity contribution in [1.82, 2.24) is 14.7 Å². The van der Waals surface area contributed by atoms with Crippen LogP contribution in [0.1, 0.15) is 21.6 Å². The highest BCUT2D eigenvalue weighted by atomic mass is 35.5. The first-order valence-corrected chi connectivity index (χ1v) is 9.74. The van der Waals surface area contributed by atoms with Crippen LogP contribution in [0.2, 0.25) is 5.02 Å². The van der Waals surface area contributed by atoms with Crippen molar-refractivity contribution in [2.75, 3.05) is 0 Å². The van der Waals surface area contributed by atoms with Gasteiger partial charge in [-0.25, -0.2) is 4.98 Å². The molecule has 0 atom stereocenters. The standard InChI is InChI=1S/C22H17ClN4O4/c23-17-7-9-21-25-18(13-26(21)12-17)11-24-22(28)16-6-8-20(19(10-16)27(29)30)31-14-15-4-2-1-3-5-15/h1-10,12-13H,11,14H2,(H,24,28). The van der Waals surface area contributed by atoms with Crippen molar-refractivity contribution >= 4 is 28.8 Å². The molecule has 0 spiro atoms. The Bertz CT molecular complexity index is 1260. The van der Waals surface area contributed by atoms with Crippen LogP contribution in [0.4, 0.5) is 5.69 Å². The summed E-state index contributed by atoms with van der Waals surface area (Å²) in [6.45, 7) is 0.351. The van der Waals surface area contributed by atoms with E-state index in [1.807, 2.05) is 30.3 Å². The molecule has 0 fully saturated rings. The fourth-order valence-corrected chi connectivity index (χ4v) is 3.20. The van der Waals surface area contributed by atoms with Gasteiger partial charge in [0.05, 0.1) is 22.2 Å². The van der Waals surface area contributed by atoms with Crippen LogP contribution in [0.25, 0.3) is 5.65 Å². The highest BCUT2D eigenvalue weighted by molar-refractivity contribution is 6.30. The molecule has 2 heterocycles. The number of benzene rings is 2. The Hall–Kier alpha value is -3.91.